The number of H-pyrrole nitrogens is 1. The molecule has 0 aliphatic carbocycles. The zero-order valence-electron chi connectivity index (χ0n) is 25.9. The van der Waals surface area contributed by atoms with E-state index in [-0.39, 0.29) is 41.7 Å². The molecule has 5 rings (SSSR count). The van der Waals surface area contributed by atoms with Crippen molar-refractivity contribution < 1.29 is 23.9 Å². The number of carbonyl (C=O) groups is 4. The zero-order valence-corrected chi connectivity index (χ0v) is 25.9. The van der Waals surface area contributed by atoms with Crippen molar-refractivity contribution >= 4 is 34.7 Å². The number of nitrogens with one attached hydrogen (secondary N) is 4. The number of aromatic amines is 1. The van der Waals surface area contributed by atoms with E-state index < -0.39 is 6.04 Å². The standard InChI is InChI=1S/C33H42N6O6/c1-3-21(2)29-31(42)35-14-6-17-39-26-20-23(8-10-25(26)36-33(39)44)30(41)34-13-5-16-38(15-4-7-28(40)37-29)32(43)24-9-11-27-22(19-24)12-18-45-27/h8-11,19-21,29H,3-7,12-18H2,1-2H3,(H,34,41)(H,35,42)(H,36,44)(H,37,40)/t21-,29-/m0/s1. The van der Waals surface area contributed by atoms with Crippen LogP contribution in [0.15, 0.2) is 41.2 Å². The summed E-state index contributed by atoms with van der Waals surface area (Å²) in [6, 6.07) is 9.81. The van der Waals surface area contributed by atoms with Crippen LogP contribution < -0.4 is 26.4 Å². The number of carbonyl (C=O) groups excluding carboxylic acids is 4. The van der Waals surface area contributed by atoms with E-state index in [2.05, 4.69) is 20.9 Å². The minimum atomic E-state index is -0.696. The Balaban J connectivity index is 1.36. The predicted octanol–water partition coefficient (Wildman–Crippen LogP) is 2.36. The van der Waals surface area contributed by atoms with Gasteiger partial charge in [0.25, 0.3) is 11.8 Å². The molecule has 0 saturated carbocycles. The Kier molecular flexibility index (Phi) is 10.2. The number of nitrogens with zero attached hydrogens (tertiary/aromatic N) is 2. The maximum absolute atomic E-state index is 13.6. The van der Waals surface area contributed by atoms with Gasteiger partial charge >= 0.3 is 5.69 Å². The van der Waals surface area contributed by atoms with E-state index in [1.807, 2.05) is 26.0 Å². The van der Waals surface area contributed by atoms with Crippen molar-refractivity contribution in [2.24, 2.45) is 5.92 Å². The van der Waals surface area contributed by atoms with Crippen LogP contribution in [0.25, 0.3) is 11.0 Å². The number of imidazole rings is 1. The molecule has 240 valence electrons. The van der Waals surface area contributed by atoms with E-state index in [4.69, 9.17) is 4.74 Å². The van der Waals surface area contributed by atoms with Gasteiger partial charge in [-0.2, -0.15) is 0 Å². The maximum atomic E-state index is 13.6. The molecule has 2 atom stereocenters. The Labute approximate surface area is 261 Å². The van der Waals surface area contributed by atoms with Crippen LogP contribution in [-0.2, 0) is 22.6 Å². The molecule has 12 nitrogen and oxygen atoms in total. The smallest absolute Gasteiger partial charge is 0.326 e. The predicted molar refractivity (Wildman–Crippen MR) is 169 cm³/mol. The highest BCUT2D eigenvalue weighted by atomic mass is 16.5. The lowest BCUT2D eigenvalue weighted by Gasteiger charge is -2.25. The lowest BCUT2D eigenvalue weighted by molar-refractivity contribution is -0.130. The quantitative estimate of drug-likeness (QED) is 0.353. The van der Waals surface area contributed by atoms with Crippen molar-refractivity contribution in [1.29, 1.82) is 0 Å². The molecule has 0 radical (unpaired) electrons. The highest BCUT2D eigenvalue weighted by molar-refractivity contribution is 5.97. The van der Waals surface area contributed by atoms with Crippen LogP contribution in [-0.4, -0.2) is 76.9 Å². The first-order chi connectivity index (χ1) is 21.7. The third-order valence-corrected chi connectivity index (χ3v) is 8.65. The molecule has 1 aromatic heterocycles. The fraction of sp³-hybridized carbons (Fsp3) is 0.485. The number of aryl methyl sites for hydroxylation is 1. The molecule has 0 fully saturated rings. The third kappa shape index (κ3) is 7.55. The van der Waals surface area contributed by atoms with E-state index in [1.165, 1.54) is 0 Å². The number of hydrogen-bond acceptors (Lipinski definition) is 6. The molecule has 4 N–H and O–H groups in total. The van der Waals surface area contributed by atoms with Gasteiger partial charge in [0.05, 0.1) is 17.6 Å². The number of hydrogen-bond donors (Lipinski definition) is 4. The molecule has 3 aromatic rings. The van der Waals surface area contributed by atoms with E-state index in [1.54, 1.807) is 33.7 Å². The number of benzene rings is 2. The van der Waals surface area contributed by atoms with Gasteiger partial charge in [-0.15, -0.1) is 0 Å². The highest BCUT2D eigenvalue weighted by Gasteiger charge is 2.26. The van der Waals surface area contributed by atoms with E-state index in [0.717, 1.165) is 17.7 Å². The molecular formula is C33H42N6O6. The number of amides is 4. The largest absolute Gasteiger partial charge is 0.493 e. The lowest BCUT2D eigenvalue weighted by atomic mass is 9.98. The molecule has 2 aromatic carbocycles. The van der Waals surface area contributed by atoms with Gasteiger partial charge in [-0.25, -0.2) is 4.79 Å². The van der Waals surface area contributed by atoms with E-state index in [0.29, 0.717) is 87.2 Å². The Morgan fingerprint density at radius 2 is 1.73 bits per heavy atom. The monoisotopic (exact) mass is 618 g/mol. The summed E-state index contributed by atoms with van der Waals surface area (Å²) in [6.45, 7) is 6.19. The number of fused-ring (bicyclic) bond motifs is 2. The Hall–Kier alpha value is -4.61. The second-order valence-corrected chi connectivity index (χ2v) is 11.8. The van der Waals surface area contributed by atoms with Crippen molar-refractivity contribution in [3.8, 4) is 5.75 Å². The average molecular weight is 619 g/mol. The Morgan fingerprint density at radius 1 is 0.956 bits per heavy atom. The molecular weight excluding hydrogens is 576 g/mol. The van der Waals surface area contributed by atoms with Crippen molar-refractivity contribution in [2.45, 2.75) is 65.0 Å². The van der Waals surface area contributed by atoms with Gasteiger partial charge in [0.15, 0.2) is 0 Å². The summed E-state index contributed by atoms with van der Waals surface area (Å²) in [4.78, 5) is 70.0. The van der Waals surface area contributed by atoms with Crippen LogP contribution in [0, 0.1) is 5.92 Å². The maximum Gasteiger partial charge on any atom is 0.326 e. The summed E-state index contributed by atoms with van der Waals surface area (Å²) in [7, 11) is 0. The molecule has 2 bridgehead atoms. The van der Waals surface area contributed by atoms with Gasteiger partial charge in [-0.3, -0.25) is 23.7 Å². The van der Waals surface area contributed by atoms with Crippen LogP contribution in [0.4, 0.5) is 0 Å². The summed E-state index contributed by atoms with van der Waals surface area (Å²) < 4.78 is 7.15. The summed E-state index contributed by atoms with van der Waals surface area (Å²) in [5.74, 6) is -0.246. The van der Waals surface area contributed by atoms with Crippen LogP contribution in [0.3, 0.4) is 0 Å². The topological polar surface area (TPSA) is 155 Å². The van der Waals surface area contributed by atoms with Gasteiger partial charge in [0, 0.05) is 56.7 Å². The normalized spacial score (nSPS) is 19.6. The first-order valence-electron chi connectivity index (χ1n) is 15.9. The van der Waals surface area contributed by atoms with Crippen LogP contribution in [0.2, 0.25) is 0 Å². The minimum absolute atomic E-state index is 0.0860. The summed E-state index contributed by atoms with van der Waals surface area (Å²) in [5.41, 5.74) is 2.89. The van der Waals surface area contributed by atoms with Gasteiger partial charge < -0.3 is 30.6 Å². The van der Waals surface area contributed by atoms with Gasteiger partial charge in [0.2, 0.25) is 11.8 Å². The SMILES string of the molecule is CC[C@H](C)[C@@H]1NC(=O)CCCN(C(=O)c2ccc3c(c2)CCO3)CCCNC(=O)c2ccc3[nH]c(=O)n(c3c2)CCCNC1=O. The van der Waals surface area contributed by atoms with Crippen LogP contribution >= 0.6 is 0 Å². The van der Waals surface area contributed by atoms with E-state index >= 15 is 0 Å². The van der Waals surface area contributed by atoms with Crippen LogP contribution in [0.5, 0.6) is 5.75 Å². The highest BCUT2D eigenvalue weighted by Crippen LogP contribution is 2.26. The van der Waals surface area contributed by atoms with Crippen molar-refractivity contribution in [3.05, 3.63) is 63.6 Å². The lowest BCUT2D eigenvalue weighted by Crippen LogP contribution is -2.50. The fourth-order valence-corrected chi connectivity index (χ4v) is 5.84. The number of ether oxygens (including phenoxy) is 1. The number of aromatic nitrogens is 2. The average Bonchev–Trinajstić information content (AvgIpc) is 3.64. The molecule has 12 heteroatoms. The first-order valence-corrected chi connectivity index (χ1v) is 15.9. The molecule has 2 aliphatic rings. The number of rotatable bonds is 3. The third-order valence-electron chi connectivity index (χ3n) is 8.65. The van der Waals surface area contributed by atoms with E-state index in [9.17, 15) is 24.0 Å². The summed E-state index contributed by atoms with van der Waals surface area (Å²) >= 11 is 0. The second kappa shape index (κ2) is 14.4. The van der Waals surface area contributed by atoms with Crippen LogP contribution in [0.1, 0.15) is 72.2 Å². The van der Waals surface area contributed by atoms with Crippen molar-refractivity contribution in [1.82, 2.24) is 30.4 Å². The fourth-order valence-electron chi connectivity index (χ4n) is 5.84. The Bertz CT molecular complexity index is 1630. The molecule has 4 amide bonds. The molecule has 2 aliphatic heterocycles. The molecule has 0 saturated heterocycles. The molecule has 3 heterocycles. The molecule has 0 spiro atoms. The molecule has 0 unspecified atom stereocenters. The first kappa shape index (κ1) is 31.8. The van der Waals surface area contributed by atoms with Gasteiger partial charge in [-0.1, -0.05) is 20.3 Å². The zero-order chi connectivity index (χ0) is 31.9. The van der Waals surface area contributed by atoms with Crippen molar-refractivity contribution in [3.63, 3.8) is 0 Å². The van der Waals surface area contributed by atoms with Gasteiger partial charge in [-0.05, 0) is 67.1 Å². The second-order valence-electron chi connectivity index (χ2n) is 11.8. The minimum Gasteiger partial charge on any atom is -0.493 e. The van der Waals surface area contributed by atoms with Gasteiger partial charge in [0.1, 0.15) is 11.8 Å². The summed E-state index contributed by atoms with van der Waals surface area (Å²) in [6.07, 6.45) is 3.01. The Morgan fingerprint density at radius 3 is 2.56 bits per heavy atom. The van der Waals surface area contributed by atoms with Crippen molar-refractivity contribution in [2.75, 3.05) is 32.8 Å². The summed E-state index contributed by atoms with van der Waals surface area (Å²) in [5, 5.41) is 8.74. The molecule has 45 heavy (non-hydrogen) atoms.